The second-order valence-corrected chi connectivity index (χ2v) is 6.65. The summed E-state index contributed by atoms with van der Waals surface area (Å²) >= 11 is 3.56. The lowest BCUT2D eigenvalue weighted by atomic mass is 9.88. The van der Waals surface area contributed by atoms with Crippen LogP contribution in [0.25, 0.3) is 0 Å². The van der Waals surface area contributed by atoms with Gasteiger partial charge in [-0.25, -0.2) is 0 Å². The van der Waals surface area contributed by atoms with Crippen LogP contribution < -0.4 is 5.32 Å². The summed E-state index contributed by atoms with van der Waals surface area (Å²) in [6.45, 7) is 2.07. The molecule has 104 valence electrons. The summed E-state index contributed by atoms with van der Waals surface area (Å²) < 4.78 is 6.87. The maximum absolute atomic E-state index is 5.67. The fourth-order valence-corrected chi connectivity index (χ4v) is 3.63. The molecule has 0 saturated carbocycles. The van der Waals surface area contributed by atoms with E-state index in [1.54, 1.807) is 0 Å². The lowest BCUT2D eigenvalue weighted by Crippen LogP contribution is -2.36. The molecule has 2 nitrogen and oxygen atoms in total. The summed E-state index contributed by atoms with van der Waals surface area (Å²) in [5, 5.41) is 3.71. The van der Waals surface area contributed by atoms with Crippen molar-refractivity contribution in [3.05, 3.63) is 33.8 Å². The molecule has 1 aliphatic heterocycles. The predicted octanol–water partition coefficient (Wildman–Crippen LogP) is 3.47. The molecule has 1 aromatic rings. The average Bonchev–Trinajstić information content (AvgIpc) is 2.92. The van der Waals surface area contributed by atoms with Gasteiger partial charge >= 0.3 is 0 Å². The Bertz CT molecular complexity index is 429. The van der Waals surface area contributed by atoms with Gasteiger partial charge in [0.2, 0.25) is 0 Å². The highest BCUT2D eigenvalue weighted by molar-refractivity contribution is 9.10. The van der Waals surface area contributed by atoms with E-state index in [1.807, 2.05) is 0 Å². The fourth-order valence-electron chi connectivity index (χ4n) is 3.22. The highest BCUT2D eigenvalue weighted by Crippen LogP contribution is 2.25. The molecule has 1 fully saturated rings. The summed E-state index contributed by atoms with van der Waals surface area (Å²) in [6, 6.07) is 7.36. The van der Waals surface area contributed by atoms with Gasteiger partial charge in [-0.05, 0) is 68.3 Å². The molecule has 1 aromatic carbocycles. The van der Waals surface area contributed by atoms with Gasteiger partial charge in [-0.3, -0.25) is 0 Å². The van der Waals surface area contributed by atoms with Crippen LogP contribution in [0.1, 0.15) is 36.8 Å². The van der Waals surface area contributed by atoms with E-state index in [0.717, 1.165) is 13.2 Å². The van der Waals surface area contributed by atoms with Crippen molar-refractivity contribution in [1.29, 1.82) is 0 Å². The van der Waals surface area contributed by atoms with Crippen molar-refractivity contribution in [2.75, 3.05) is 13.2 Å². The second kappa shape index (κ2) is 6.38. The molecule has 2 unspecified atom stereocenters. The number of benzene rings is 1. The van der Waals surface area contributed by atoms with Gasteiger partial charge in [-0.15, -0.1) is 0 Å². The molecule has 0 aromatic heterocycles. The van der Waals surface area contributed by atoms with Crippen molar-refractivity contribution in [1.82, 2.24) is 5.32 Å². The third-order valence-corrected chi connectivity index (χ3v) is 4.81. The van der Waals surface area contributed by atoms with E-state index in [4.69, 9.17) is 4.74 Å². The third-order valence-electron chi connectivity index (χ3n) is 4.32. The van der Waals surface area contributed by atoms with Crippen molar-refractivity contribution in [3.63, 3.8) is 0 Å². The van der Waals surface area contributed by atoms with Crippen molar-refractivity contribution >= 4 is 15.9 Å². The van der Waals surface area contributed by atoms with E-state index < -0.39 is 0 Å². The number of rotatable bonds is 4. The number of fused-ring (bicyclic) bond motifs is 1. The van der Waals surface area contributed by atoms with Crippen LogP contribution in [-0.4, -0.2) is 25.3 Å². The monoisotopic (exact) mass is 323 g/mol. The molecule has 0 amide bonds. The standard InChI is InChI=1S/C16H22BrNO/c17-14-5-3-13-11-15(6-4-12(13)10-14)18-8-7-16-2-1-9-19-16/h3,5,10,15-16,18H,1-2,4,6-9,11H2. The van der Waals surface area contributed by atoms with Gasteiger partial charge in [-0.1, -0.05) is 22.0 Å². The zero-order chi connectivity index (χ0) is 13.1. The minimum atomic E-state index is 0.513. The third kappa shape index (κ3) is 3.59. The van der Waals surface area contributed by atoms with Crippen LogP contribution in [0.4, 0.5) is 0 Å². The minimum absolute atomic E-state index is 0.513. The lowest BCUT2D eigenvalue weighted by molar-refractivity contribution is 0.103. The van der Waals surface area contributed by atoms with Crippen LogP contribution >= 0.6 is 15.9 Å². The van der Waals surface area contributed by atoms with Crippen LogP contribution in [0.5, 0.6) is 0 Å². The number of hydrogen-bond donors (Lipinski definition) is 1. The van der Waals surface area contributed by atoms with Crippen LogP contribution in [0.2, 0.25) is 0 Å². The molecule has 0 bridgehead atoms. The molecule has 1 aliphatic carbocycles. The first kappa shape index (κ1) is 13.6. The van der Waals surface area contributed by atoms with Crippen LogP contribution in [0, 0.1) is 0 Å². The molecule has 19 heavy (non-hydrogen) atoms. The second-order valence-electron chi connectivity index (χ2n) is 5.73. The molecule has 0 spiro atoms. The number of nitrogens with one attached hydrogen (secondary N) is 1. The average molecular weight is 324 g/mol. The topological polar surface area (TPSA) is 21.3 Å². The van der Waals surface area contributed by atoms with Gasteiger partial charge < -0.3 is 10.1 Å². The summed E-state index contributed by atoms with van der Waals surface area (Å²) in [5.41, 5.74) is 3.04. The normalized spacial score (nSPS) is 26.4. The van der Waals surface area contributed by atoms with Crippen molar-refractivity contribution in [2.24, 2.45) is 0 Å². The first-order valence-corrected chi connectivity index (χ1v) is 8.23. The quantitative estimate of drug-likeness (QED) is 0.916. The fraction of sp³-hybridized carbons (Fsp3) is 0.625. The van der Waals surface area contributed by atoms with Gasteiger partial charge in [0.25, 0.3) is 0 Å². The Kier molecular flexibility index (Phi) is 4.57. The summed E-state index contributed by atoms with van der Waals surface area (Å²) in [7, 11) is 0. The maximum Gasteiger partial charge on any atom is 0.0588 e. The zero-order valence-corrected chi connectivity index (χ0v) is 12.9. The summed E-state index contributed by atoms with van der Waals surface area (Å²) in [5.74, 6) is 0. The lowest BCUT2D eigenvalue weighted by Gasteiger charge is -2.26. The highest BCUT2D eigenvalue weighted by atomic mass is 79.9. The molecule has 1 N–H and O–H groups in total. The maximum atomic E-state index is 5.67. The smallest absolute Gasteiger partial charge is 0.0588 e. The Morgan fingerprint density at radius 1 is 1.26 bits per heavy atom. The first-order valence-electron chi connectivity index (χ1n) is 7.43. The van der Waals surface area contributed by atoms with E-state index in [-0.39, 0.29) is 0 Å². The predicted molar refractivity (Wildman–Crippen MR) is 81.5 cm³/mol. The number of halogens is 1. The Morgan fingerprint density at radius 2 is 2.21 bits per heavy atom. The van der Waals surface area contributed by atoms with Crippen LogP contribution in [-0.2, 0) is 17.6 Å². The number of ether oxygens (including phenoxy) is 1. The van der Waals surface area contributed by atoms with Crippen LogP contribution in [0.3, 0.4) is 0 Å². The molecular formula is C16H22BrNO. The Morgan fingerprint density at radius 3 is 3.05 bits per heavy atom. The van der Waals surface area contributed by atoms with E-state index in [9.17, 15) is 0 Å². The van der Waals surface area contributed by atoms with Crippen LogP contribution in [0.15, 0.2) is 22.7 Å². The largest absolute Gasteiger partial charge is 0.378 e. The molecule has 0 radical (unpaired) electrons. The molecule has 3 heteroatoms. The van der Waals surface area contributed by atoms with Gasteiger partial charge in [0.15, 0.2) is 0 Å². The van der Waals surface area contributed by atoms with E-state index in [1.165, 1.54) is 54.1 Å². The molecule has 2 aliphatic rings. The molecule has 3 rings (SSSR count). The molecule has 2 atom stereocenters. The van der Waals surface area contributed by atoms with Gasteiger partial charge in [-0.2, -0.15) is 0 Å². The Labute approximate surface area is 124 Å². The van der Waals surface area contributed by atoms with E-state index >= 15 is 0 Å². The SMILES string of the molecule is Brc1ccc2c(c1)CCC(NCCC1CCCO1)C2. The minimum Gasteiger partial charge on any atom is -0.378 e. The molecule has 1 saturated heterocycles. The van der Waals surface area contributed by atoms with Crippen molar-refractivity contribution < 1.29 is 4.74 Å². The van der Waals surface area contributed by atoms with Crippen molar-refractivity contribution in [2.45, 2.75) is 50.7 Å². The summed E-state index contributed by atoms with van der Waals surface area (Å²) in [6.07, 6.45) is 7.82. The van der Waals surface area contributed by atoms with Crippen molar-refractivity contribution in [3.8, 4) is 0 Å². The van der Waals surface area contributed by atoms with Gasteiger partial charge in [0.1, 0.15) is 0 Å². The molecular weight excluding hydrogens is 302 g/mol. The number of aryl methyl sites for hydroxylation is 1. The van der Waals surface area contributed by atoms with E-state index in [0.29, 0.717) is 12.1 Å². The number of hydrogen-bond acceptors (Lipinski definition) is 2. The highest BCUT2D eigenvalue weighted by Gasteiger charge is 2.19. The Hall–Kier alpha value is -0.380. The molecule has 1 heterocycles. The Balaban J connectivity index is 1.47. The van der Waals surface area contributed by atoms with E-state index in [2.05, 4.69) is 39.4 Å². The zero-order valence-electron chi connectivity index (χ0n) is 11.3. The first-order chi connectivity index (χ1) is 9.31. The summed E-state index contributed by atoms with van der Waals surface area (Å²) in [4.78, 5) is 0. The van der Waals surface area contributed by atoms with Gasteiger partial charge in [0.05, 0.1) is 6.10 Å². The van der Waals surface area contributed by atoms with Gasteiger partial charge in [0, 0.05) is 17.1 Å².